The van der Waals surface area contributed by atoms with E-state index in [9.17, 15) is 23.6 Å². The van der Waals surface area contributed by atoms with Gasteiger partial charge in [-0.1, -0.05) is 25.4 Å². The smallest absolute Gasteiger partial charge is 0.291 e. The van der Waals surface area contributed by atoms with Crippen LogP contribution in [0.3, 0.4) is 0 Å². The lowest BCUT2D eigenvalue weighted by Crippen LogP contribution is -2.56. The number of nitrogens with one attached hydrogen (secondary N) is 3. The Hall–Kier alpha value is -3.21. The first-order chi connectivity index (χ1) is 14.6. The van der Waals surface area contributed by atoms with Crippen LogP contribution in [0.1, 0.15) is 37.2 Å². The van der Waals surface area contributed by atoms with Crippen molar-refractivity contribution in [3.63, 3.8) is 0 Å². The molecule has 4 amide bonds. The average molecular weight is 455 g/mol. The summed E-state index contributed by atoms with van der Waals surface area (Å²) in [5.74, 6) is -3.35. The van der Waals surface area contributed by atoms with Crippen molar-refractivity contribution in [1.82, 2.24) is 25.7 Å². The molecule has 0 aliphatic heterocycles. The van der Waals surface area contributed by atoms with Crippen LogP contribution in [0.5, 0.6) is 0 Å². The maximum absolute atomic E-state index is 13.3. The van der Waals surface area contributed by atoms with Gasteiger partial charge in [0, 0.05) is 12.6 Å². The van der Waals surface area contributed by atoms with Crippen molar-refractivity contribution >= 4 is 46.3 Å². The van der Waals surface area contributed by atoms with E-state index in [-0.39, 0.29) is 31.0 Å². The zero-order valence-corrected chi connectivity index (χ0v) is 17.8. The minimum absolute atomic E-state index is 0.00264. The molecule has 0 unspecified atom stereocenters. The number of primary amides is 1. The fourth-order valence-corrected chi connectivity index (χ4v) is 2.91. The molecule has 2 atom stereocenters. The van der Waals surface area contributed by atoms with E-state index in [2.05, 4.69) is 20.7 Å². The fourth-order valence-electron chi connectivity index (χ4n) is 2.79. The normalized spacial score (nSPS) is 12.9. The van der Waals surface area contributed by atoms with E-state index in [0.29, 0.717) is 16.0 Å². The number of aromatic nitrogens is 2. The van der Waals surface area contributed by atoms with Gasteiger partial charge in [0.1, 0.15) is 11.7 Å². The number of fused-ring (bicyclic) bond motifs is 1. The first-order valence-corrected chi connectivity index (χ1v) is 9.95. The van der Waals surface area contributed by atoms with Crippen molar-refractivity contribution in [2.24, 2.45) is 11.7 Å². The van der Waals surface area contributed by atoms with Crippen LogP contribution in [0.2, 0.25) is 0 Å². The molecule has 168 valence electrons. The van der Waals surface area contributed by atoms with Crippen molar-refractivity contribution < 1.29 is 23.6 Å². The van der Waals surface area contributed by atoms with Gasteiger partial charge < -0.3 is 16.0 Å². The van der Waals surface area contributed by atoms with Crippen LogP contribution in [0.25, 0.3) is 11.0 Å². The highest BCUT2D eigenvalue weighted by Crippen LogP contribution is 2.13. The zero-order valence-electron chi connectivity index (χ0n) is 17.0. The number of carbonyl (C=O) groups is 4. The lowest BCUT2D eigenvalue weighted by atomic mass is 10.0. The molecule has 2 rings (SSSR count). The third-order valence-corrected chi connectivity index (χ3v) is 4.43. The summed E-state index contributed by atoms with van der Waals surface area (Å²) in [6.45, 7) is 3.31. The summed E-state index contributed by atoms with van der Waals surface area (Å²) in [6.07, 6.45) is 1.49. The Morgan fingerprint density at radius 3 is 2.61 bits per heavy atom. The van der Waals surface area contributed by atoms with Crippen molar-refractivity contribution in [3.8, 4) is 0 Å². The highest BCUT2D eigenvalue weighted by atomic mass is 35.5. The maximum Gasteiger partial charge on any atom is 0.291 e. The number of carbonyl (C=O) groups excluding carboxylic acids is 4. The summed E-state index contributed by atoms with van der Waals surface area (Å²) in [5, 5.41) is 3.18. The van der Waals surface area contributed by atoms with Gasteiger partial charge in [0.25, 0.3) is 23.4 Å². The molecule has 0 spiro atoms. The Kier molecular flexibility index (Phi) is 8.31. The third kappa shape index (κ3) is 6.92. The van der Waals surface area contributed by atoms with Gasteiger partial charge in [-0.15, -0.1) is 0 Å². The quantitative estimate of drug-likeness (QED) is 0.329. The lowest BCUT2D eigenvalue weighted by Gasteiger charge is -2.26. The molecule has 0 aliphatic rings. The molecule has 31 heavy (non-hydrogen) atoms. The Labute approximate surface area is 182 Å². The number of nitrogens with zero attached hydrogens (tertiary/aromatic N) is 2. The summed E-state index contributed by atoms with van der Waals surface area (Å²) < 4.78 is 13.3. The van der Waals surface area contributed by atoms with E-state index < -0.39 is 35.3 Å². The van der Waals surface area contributed by atoms with Crippen LogP contribution in [0.4, 0.5) is 4.39 Å². The van der Waals surface area contributed by atoms with E-state index in [1.54, 1.807) is 24.4 Å². The lowest BCUT2D eigenvalue weighted by molar-refractivity contribution is -0.144. The number of alkyl halides is 2. The molecule has 2 heterocycles. The molecule has 12 heteroatoms. The highest BCUT2D eigenvalue weighted by molar-refractivity contribution is 6.29. The predicted molar refractivity (Wildman–Crippen MR) is 111 cm³/mol. The number of halogens is 2. The molecule has 0 bridgehead atoms. The summed E-state index contributed by atoms with van der Waals surface area (Å²) in [6, 6.07) is 3.95. The van der Waals surface area contributed by atoms with Crippen molar-refractivity contribution in [1.29, 1.82) is 0 Å². The van der Waals surface area contributed by atoms with Gasteiger partial charge in [-0.05, 0) is 30.5 Å². The summed E-state index contributed by atoms with van der Waals surface area (Å²) in [7, 11) is 0. The van der Waals surface area contributed by atoms with E-state index in [4.69, 9.17) is 17.3 Å². The number of hydrazine groups is 1. The predicted octanol–water partition coefficient (Wildman–Crippen LogP) is 0.977. The monoisotopic (exact) mass is 454 g/mol. The summed E-state index contributed by atoms with van der Waals surface area (Å²) in [5.41, 5.74) is 6.27. The number of pyridine rings is 1. The number of rotatable bonds is 9. The highest BCUT2D eigenvalue weighted by Gasteiger charge is 2.29. The van der Waals surface area contributed by atoms with Gasteiger partial charge >= 0.3 is 0 Å². The minimum atomic E-state index is -2.43. The van der Waals surface area contributed by atoms with Gasteiger partial charge in [0.2, 0.25) is 5.91 Å². The standard InChI is InChI=1S/C19H24ClFN6O4/c1-10(2)8-13(18(30)26-27(7-5-15(22)28)19(31)16(20)21)25-17(29)14-9-12-11(24-14)4-3-6-23-12/h3-4,6,9-10,13,16,24H,5,7-8H2,1-2H3,(H2,22,28)(H,25,29)(H,26,30)/t13-,16-/m0/s1. The van der Waals surface area contributed by atoms with Crippen LogP contribution in [-0.4, -0.2) is 56.8 Å². The van der Waals surface area contributed by atoms with Crippen LogP contribution in [0.15, 0.2) is 24.4 Å². The van der Waals surface area contributed by atoms with Gasteiger partial charge in [0.15, 0.2) is 0 Å². The number of hydrogen-bond donors (Lipinski definition) is 4. The van der Waals surface area contributed by atoms with Crippen molar-refractivity contribution in [3.05, 3.63) is 30.1 Å². The van der Waals surface area contributed by atoms with Crippen LogP contribution < -0.4 is 16.5 Å². The van der Waals surface area contributed by atoms with E-state index in [1.165, 1.54) is 0 Å². The number of aromatic amines is 1. The van der Waals surface area contributed by atoms with Crippen molar-refractivity contribution in [2.75, 3.05) is 6.54 Å². The second-order valence-corrected chi connectivity index (χ2v) is 7.64. The van der Waals surface area contributed by atoms with E-state index in [0.717, 1.165) is 0 Å². The molecular formula is C19H24ClFN6O4. The molecule has 10 nitrogen and oxygen atoms in total. The third-order valence-electron chi connectivity index (χ3n) is 4.24. The van der Waals surface area contributed by atoms with Crippen LogP contribution in [-0.2, 0) is 14.4 Å². The van der Waals surface area contributed by atoms with Crippen molar-refractivity contribution in [2.45, 2.75) is 38.4 Å². The number of amides is 4. The van der Waals surface area contributed by atoms with Gasteiger partial charge in [0.05, 0.1) is 17.6 Å². The second-order valence-electron chi connectivity index (χ2n) is 7.26. The molecular weight excluding hydrogens is 431 g/mol. The number of nitrogens with two attached hydrogens (primary N) is 1. The Morgan fingerprint density at radius 1 is 1.32 bits per heavy atom. The maximum atomic E-state index is 13.3. The number of H-pyrrole nitrogens is 1. The van der Waals surface area contributed by atoms with Gasteiger partial charge in [-0.25, -0.2) is 9.40 Å². The molecule has 0 radical (unpaired) electrons. The second kappa shape index (κ2) is 10.7. The minimum Gasteiger partial charge on any atom is -0.370 e. The molecule has 5 N–H and O–H groups in total. The summed E-state index contributed by atoms with van der Waals surface area (Å²) in [4.78, 5) is 55.5. The Bertz CT molecular complexity index is 931. The molecule has 2 aromatic heterocycles. The van der Waals surface area contributed by atoms with E-state index >= 15 is 0 Å². The fraction of sp³-hybridized carbons (Fsp3) is 0.421. The van der Waals surface area contributed by atoms with E-state index in [1.807, 2.05) is 13.8 Å². The first-order valence-electron chi connectivity index (χ1n) is 9.51. The average Bonchev–Trinajstić information content (AvgIpc) is 3.13. The number of hydrogen-bond acceptors (Lipinski definition) is 5. The molecule has 0 aromatic carbocycles. The molecule has 0 saturated heterocycles. The molecule has 0 saturated carbocycles. The molecule has 0 fully saturated rings. The van der Waals surface area contributed by atoms with Crippen LogP contribution >= 0.6 is 11.6 Å². The van der Waals surface area contributed by atoms with Gasteiger partial charge in [-0.3, -0.25) is 29.6 Å². The Morgan fingerprint density at radius 2 is 2.03 bits per heavy atom. The first kappa shape index (κ1) is 24.1. The van der Waals surface area contributed by atoms with Gasteiger partial charge in [-0.2, -0.15) is 0 Å². The van der Waals surface area contributed by atoms with Crippen LogP contribution in [0, 0.1) is 5.92 Å². The largest absolute Gasteiger partial charge is 0.370 e. The molecule has 0 aliphatic carbocycles. The summed E-state index contributed by atoms with van der Waals surface area (Å²) >= 11 is 5.18. The SMILES string of the molecule is CC(C)C[C@H](NC(=O)c1cc2ncccc2[nH]1)C(=O)NN(CCC(N)=O)C(=O)[C@H](F)Cl. The topological polar surface area (TPSA) is 150 Å². The Balaban J connectivity index is 2.16. The zero-order chi connectivity index (χ0) is 23.1. The molecule has 2 aromatic rings.